The van der Waals surface area contributed by atoms with Crippen molar-refractivity contribution in [3.05, 3.63) is 52.5 Å². The average Bonchev–Trinajstić information content (AvgIpc) is 2.64. The zero-order chi connectivity index (χ0) is 19.6. The van der Waals surface area contributed by atoms with Gasteiger partial charge in [-0.1, -0.05) is 29.3 Å². The highest BCUT2D eigenvalue weighted by Gasteiger charge is 2.12. The quantitative estimate of drug-likeness (QED) is 0.389. The van der Waals surface area contributed by atoms with E-state index in [1.54, 1.807) is 42.5 Å². The zero-order valence-electron chi connectivity index (χ0n) is 14.1. The Hall–Kier alpha value is -1.53. The fourth-order valence-corrected chi connectivity index (χ4v) is 2.80. The van der Waals surface area contributed by atoms with Gasteiger partial charge in [-0.05, 0) is 30.3 Å². The van der Waals surface area contributed by atoms with Crippen LogP contribution in [0.25, 0.3) is 0 Å². The molecule has 0 unspecified atom stereocenters. The maximum absolute atomic E-state index is 11.5. The Morgan fingerprint density at radius 1 is 1.04 bits per heavy atom. The van der Waals surface area contributed by atoms with Gasteiger partial charge in [0.2, 0.25) is 0 Å². The fraction of sp³-hybridized carbons (Fsp3) is 0.278. The first-order chi connectivity index (χ1) is 13.0. The van der Waals surface area contributed by atoms with E-state index in [-0.39, 0.29) is 24.9 Å². The van der Waals surface area contributed by atoms with Crippen LogP contribution >= 0.6 is 46.4 Å². The van der Waals surface area contributed by atoms with Crippen LogP contribution in [0.3, 0.4) is 0 Å². The van der Waals surface area contributed by atoms with Gasteiger partial charge < -0.3 is 19.5 Å². The van der Waals surface area contributed by atoms with Crippen LogP contribution in [0.2, 0.25) is 10.0 Å². The van der Waals surface area contributed by atoms with E-state index in [2.05, 4.69) is 5.32 Å². The summed E-state index contributed by atoms with van der Waals surface area (Å²) in [6, 6.07) is 12.1. The molecule has 0 atom stereocenters. The van der Waals surface area contributed by atoms with Gasteiger partial charge in [0.1, 0.15) is 30.0 Å². The number of carbonyl (C=O) groups is 1. The number of hydrogen-bond donors (Lipinski definition) is 1. The molecule has 0 aliphatic carbocycles. The van der Waals surface area contributed by atoms with Crippen molar-refractivity contribution in [3.8, 4) is 17.2 Å². The van der Waals surface area contributed by atoms with Gasteiger partial charge in [-0.25, -0.2) is 4.79 Å². The van der Waals surface area contributed by atoms with Crippen LogP contribution in [0.5, 0.6) is 17.2 Å². The standard InChI is InChI=1S/C18H17Cl4NO4/c19-10-15(11-20)27-18(24)23-6-7-25-17-5-4-14(9-16(17)22)26-13-3-1-2-12(21)8-13/h1-5,8-9,15H,6-7,10-11H2,(H,23,24). The molecule has 1 amide bonds. The number of alkyl halides is 2. The average molecular weight is 453 g/mol. The molecule has 9 heteroatoms. The Bertz CT molecular complexity index is 756. The first kappa shape index (κ1) is 21.8. The molecule has 0 aromatic heterocycles. The second-order valence-corrected chi connectivity index (χ2v) is 6.72. The van der Waals surface area contributed by atoms with Crippen LogP contribution < -0.4 is 14.8 Å². The molecule has 146 valence electrons. The first-order valence-electron chi connectivity index (χ1n) is 7.94. The summed E-state index contributed by atoms with van der Waals surface area (Å²) in [5.74, 6) is 1.87. The van der Waals surface area contributed by atoms with E-state index in [0.717, 1.165) is 0 Å². The van der Waals surface area contributed by atoms with Crippen molar-refractivity contribution in [2.45, 2.75) is 6.10 Å². The lowest BCUT2D eigenvalue weighted by Crippen LogP contribution is -2.33. The lowest BCUT2D eigenvalue weighted by Gasteiger charge is -2.14. The van der Waals surface area contributed by atoms with Gasteiger partial charge in [-0.3, -0.25) is 0 Å². The number of amides is 1. The summed E-state index contributed by atoms with van der Waals surface area (Å²) in [4.78, 5) is 11.5. The lowest BCUT2D eigenvalue weighted by molar-refractivity contribution is 0.117. The molecule has 0 saturated heterocycles. The van der Waals surface area contributed by atoms with Crippen molar-refractivity contribution in [1.82, 2.24) is 5.32 Å². The van der Waals surface area contributed by atoms with E-state index in [1.165, 1.54) is 0 Å². The molecule has 2 aromatic carbocycles. The van der Waals surface area contributed by atoms with Crippen molar-refractivity contribution in [2.24, 2.45) is 0 Å². The van der Waals surface area contributed by atoms with Crippen molar-refractivity contribution in [1.29, 1.82) is 0 Å². The maximum atomic E-state index is 11.5. The normalized spacial score (nSPS) is 10.6. The minimum Gasteiger partial charge on any atom is -0.490 e. The minimum absolute atomic E-state index is 0.132. The summed E-state index contributed by atoms with van der Waals surface area (Å²) in [5.41, 5.74) is 0. The predicted molar refractivity (Wildman–Crippen MR) is 108 cm³/mol. The molecule has 0 heterocycles. The van der Waals surface area contributed by atoms with Gasteiger partial charge >= 0.3 is 6.09 Å². The summed E-state index contributed by atoms with van der Waals surface area (Å²) in [6.07, 6.45) is -1.14. The summed E-state index contributed by atoms with van der Waals surface area (Å²) in [6.45, 7) is 0.433. The molecule has 1 N–H and O–H groups in total. The number of hydrogen-bond acceptors (Lipinski definition) is 4. The van der Waals surface area contributed by atoms with E-state index >= 15 is 0 Å². The molecule has 2 aromatic rings. The summed E-state index contributed by atoms with van der Waals surface area (Å²) >= 11 is 23.3. The molecular formula is C18H17Cl4NO4. The lowest BCUT2D eigenvalue weighted by atomic mass is 10.3. The molecule has 0 aliphatic heterocycles. The van der Waals surface area contributed by atoms with E-state index in [4.69, 9.17) is 60.6 Å². The molecule has 5 nitrogen and oxygen atoms in total. The van der Waals surface area contributed by atoms with Gasteiger partial charge in [-0.2, -0.15) is 0 Å². The highest BCUT2D eigenvalue weighted by Crippen LogP contribution is 2.31. The van der Waals surface area contributed by atoms with Crippen LogP contribution in [-0.4, -0.2) is 37.1 Å². The number of rotatable bonds is 9. The molecule has 0 saturated carbocycles. The molecule has 0 aliphatic rings. The van der Waals surface area contributed by atoms with Crippen LogP contribution in [0, 0.1) is 0 Å². The largest absolute Gasteiger partial charge is 0.490 e. The number of benzene rings is 2. The van der Waals surface area contributed by atoms with E-state index < -0.39 is 12.2 Å². The third kappa shape index (κ3) is 7.54. The Morgan fingerprint density at radius 2 is 1.78 bits per heavy atom. The molecule has 0 radical (unpaired) electrons. The van der Waals surface area contributed by atoms with Crippen LogP contribution in [0.1, 0.15) is 0 Å². The van der Waals surface area contributed by atoms with E-state index in [1.807, 2.05) is 0 Å². The third-order valence-corrected chi connectivity index (χ3v) is 4.40. The van der Waals surface area contributed by atoms with Gasteiger partial charge in [0.15, 0.2) is 0 Å². The SMILES string of the molecule is O=C(NCCOc1ccc(Oc2cccc(Cl)c2)cc1Cl)OC(CCl)CCl. The van der Waals surface area contributed by atoms with Crippen LogP contribution in [0.4, 0.5) is 4.79 Å². The molecular weight excluding hydrogens is 436 g/mol. The van der Waals surface area contributed by atoms with Crippen molar-refractivity contribution in [3.63, 3.8) is 0 Å². The summed E-state index contributed by atoms with van der Waals surface area (Å²) < 4.78 is 16.2. The van der Waals surface area contributed by atoms with E-state index in [0.29, 0.717) is 27.3 Å². The van der Waals surface area contributed by atoms with Gasteiger partial charge in [0, 0.05) is 11.1 Å². The van der Waals surface area contributed by atoms with Gasteiger partial charge in [-0.15, -0.1) is 23.2 Å². The fourth-order valence-electron chi connectivity index (χ4n) is 1.94. The third-order valence-electron chi connectivity index (χ3n) is 3.18. The molecule has 0 spiro atoms. The smallest absolute Gasteiger partial charge is 0.407 e. The Labute approximate surface area is 177 Å². The van der Waals surface area contributed by atoms with Gasteiger partial charge in [0.05, 0.1) is 23.3 Å². The van der Waals surface area contributed by atoms with E-state index in [9.17, 15) is 4.79 Å². The second-order valence-electron chi connectivity index (χ2n) is 5.26. The van der Waals surface area contributed by atoms with Crippen molar-refractivity contribution < 1.29 is 19.0 Å². The Balaban J connectivity index is 1.79. The molecule has 0 fully saturated rings. The predicted octanol–water partition coefficient (Wildman–Crippen LogP) is 5.74. The number of carbonyl (C=O) groups excluding carboxylic acids is 1. The molecule has 27 heavy (non-hydrogen) atoms. The summed E-state index contributed by atoms with van der Waals surface area (Å²) in [7, 11) is 0. The second kappa shape index (κ2) is 11.3. The molecule has 0 bridgehead atoms. The highest BCUT2D eigenvalue weighted by atomic mass is 35.5. The number of alkyl carbamates (subject to hydrolysis) is 1. The minimum atomic E-state index is -0.610. The highest BCUT2D eigenvalue weighted by molar-refractivity contribution is 6.32. The number of ether oxygens (including phenoxy) is 3. The maximum Gasteiger partial charge on any atom is 0.407 e. The monoisotopic (exact) mass is 451 g/mol. The number of halogens is 4. The zero-order valence-corrected chi connectivity index (χ0v) is 17.1. The Kier molecular flexibility index (Phi) is 9.15. The van der Waals surface area contributed by atoms with Crippen LogP contribution in [-0.2, 0) is 4.74 Å². The van der Waals surface area contributed by atoms with Crippen LogP contribution in [0.15, 0.2) is 42.5 Å². The Morgan fingerprint density at radius 3 is 2.44 bits per heavy atom. The van der Waals surface area contributed by atoms with Gasteiger partial charge in [0.25, 0.3) is 0 Å². The topological polar surface area (TPSA) is 56.8 Å². The number of nitrogens with one attached hydrogen (secondary N) is 1. The van der Waals surface area contributed by atoms with Crippen molar-refractivity contribution in [2.75, 3.05) is 24.9 Å². The first-order valence-corrected chi connectivity index (χ1v) is 9.76. The molecule has 2 rings (SSSR count). The van der Waals surface area contributed by atoms with Crippen molar-refractivity contribution >= 4 is 52.5 Å². The summed E-state index contributed by atoms with van der Waals surface area (Å²) in [5, 5.41) is 3.49.